The Morgan fingerprint density at radius 2 is 1.65 bits per heavy atom. The van der Waals surface area contributed by atoms with Gasteiger partial charge in [0.2, 0.25) is 5.91 Å². The second-order valence-corrected chi connectivity index (χ2v) is 5.90. The number of hydrogen-bond donors (Lipinski definition) is 3. The second kappa shape index (κ2) is 7.40. The summed E-state index contributed by atoms with van der Waals surface area (Å²) in [4.78, 5) is 12.5. The standard InChI is InChI=1S/C19H22N2O2/c22-18(15-10-5-2-6-11-15)17(14-8-3-1-4-9-14)21-19(23)16-12-7-13-20-16/h1-6,8-11,16-18,20,22H,7,12-13H2,(H,21,23)/t16-,17-,18?/m1/s1. The summed E-state index contributed by atoms with van der Waals surface area (Å²) in [6.07, 6.45) is 1.06. The SMILES string of the molecule is O=C(N[C@H](c1ccccc1)C(O)c1ccccc1)[C@H]1CCCN1. The summed E-state index contributed by atoms with van der Waals surface area (Å²) in [7, 11) is 0. The maximum absolute atomic E-state index is 12.5. The molecule has 120 valence electrons. The quantitative estimate of drug-likeness (QED) is 0.794. The Kier molecular flexibility index (Phi) is 5.05. The predicted octanol–water partition coefficient (Wildman–Crippen LogP) is 2.33. The van der Waals surface area contributed by atoms with E-state index in [-0.39, 0.29) is 11.9 Å². The van der Waals surface area contributed by atoms with Crippen molar-refractivity contribution >= 4 is 5.91 Å². The van der Waals surface area contributed by atoms with E-state index in [2.05, 4.69) is 10.6 Å². The lowest BCUT2D eigenvalue weighted by molar-refractivity contribution is -0.124. The minimum absolute atomic E-state index is 0.0497. The maximum Gasteiger partial charge on any atom is 0.237 e. The maximum atomic E-state index is 12.5. The topological polar surface area (TPSA) is 61.4 Å². The Balaban J connectivity index is 1.83. The van der Waals surface area contributed by atoms with E-state index in [1.807, 2.05) is 60.7 Å². The van der Waals surface area contributed by atoms with Crippen molar-refractivity contribution < 1.29 is 9.90 Å². The molecule has 4 heteroatoms. The fraction of sp³-hybridized carbons (Fsp3) is 0.316. The van der Waals surface area contributed by atoms with Gasteiger partial charge in [-0.25, -0.2) is 0 Å². The van der Waals surface area contributed by atoms with Crippen LogP contribution in [-0.4, -0.2) is 23.6 Å². The summed E-state index contributed by atoms with van der Waals surface area (Å²) >= 11 is 0. The molecule has 1 saturated heterocycles. The van der Waals surface area contributed by atoms with Crippen molar-refractivity contribution in [1.29, 1.82) is 0 Å². The first-order chi connectivity index (χ1) is 11.3. The number of hydrogen-bond acceptors (Lipinski definition) is 3. The van der Waals surface area contributed by atoms with E-state index in [0.29, 0.717) is 0 Å². The first-order valence-corrected chi connectivity index (χ1v) is 8.07. The Hall–Kier alpha value is -2.17. The van der Waals surface area contributed by atoms with Crippen molar-refractivity contribution in [1.82, 2.24) is 10.6 Å². The van der Waals surface area contributed by atoms with Gasteiger partial charge in [-0.2, -0.15) is 0 Å². The molecule has 1 heterocycles. The van der Waals surface area contributed by atoms with E-state index >= 15 is 0 Å². The smallest absolute Gasteiger partial charge is 0.237 e. The monoisotopic (exact) mass is 310 g/mol. The average molecular weight is 310 g/mol. The summed E-state index contributed by atoms with van der Waals surface area (Å²) < 4.78 is 0. The third kappa shape index (κ3) is 3.78. The van der Waals surface area contributed by atoms with E-state index < -0.39 is 12.1 Å². The zero-order valence-electron chi connectivity index (χ0n) is 13.0. The predicted molar refractivity (Wildman–Crippen MR) is 89.8 cm³/mol. The van der Waals surface area contributed by atoms with E-state index in [4.69, 9.17) is 0 Å². The van der Waals surface area contributed by atoms with Crippen LogP contribution in [-0.2, 0) is 4.79 Å². The molecule has 0 spiro atoms. The van der Waals surface area contributed by atoms with Gasteiger partial charge >= 0.3 is 0 Å². The van der Waals surface area contributed by atoms with Crippen LogP contribution in [0.5, 0.6) is 0 Å². The summed E-state index contributed by atoms with van der Waals surface area (Å²) in [6, 6.07) is 18.4. The Morgan fingerprint density at radius 1 is 1.04 bits per heavy atom. The van der Waals surface area contributed by atoms with Gasteiger partial charge in [0.05, 0.1) is 12.1 Å². The molecule has 3 rings (SSSR count). The van der Waals surface area contributed by atoms with Crippen LogP contribution >= 0.6 is 0 Å². The molecule has 23 heavy (non-hydrogen) atoms. The van der Waals surface area contributed by atoms with Crippen molar-refractivity contribution in [3.63, 3.8) is 0 Å². The molecule has 0 radical (unpaired) electrons. The molecule has 1 amide bonds. The zero-order valence-corrected chi connectivity index (χ0v) is 13.0. The fourth-order valence-corrected chi connectivity index (χ4v) is 3.01. The Morgan fingerprint density at radius 3 is 2.22 bits per heavy atom. The summed E-state index contributed by atoms with van der Waals surface area (Å²) in [5, 5.41) is 17.0. The largest absolute Gasteiger partial charge is 0.386 e. The van der Waals surface area contributed by atoms with Gasteiger partial charge in [0, 0.05) is 0 Å². The number of benzene rings is 2. The number of aliphatic hydroxyl groups is 1. The number of carbonyl (C=O) groups excluding carboxylic acids is 1. The lowest BCUT2D eigenvalue weighted by Gasteiger charge is -2.26. The van der Waals surface area contributed by atoms with E-state index in [0.717, 1.165) is 30.5 Å². The summed E-state index contributed by atoms with van der Waals surface area (Å²) in [5.74, 6) is -0.0497. The summed E-state index contributed by atoms with van der Waals surface area (Å²) in [5.41, 5.74) is 1.69. The van der Waals surface area contributed by atoms with Crippen molar-refractivity contribution in [2.75, 3.05) is 6.54 Å². The number of amides is 1. The molecule has 0 bridgehead atoms. The molecule has 2 aromatic carbocycles. The van der Waals surface area contributed by atoms with Gasteiger partial charge in [0.15, 0.2) is 0 Å². The van der Waals surface area contributed by atoms with Crippen LogP contribution in [0.15, 0.2) is 60.7 Å². The van der Waals surface area contributed by atoms with Crippen molar-refractivity contribution in [2.24, 2.45) is 0 Å². The van der Waals surface area contributed by atoms with Gasteiger partial charge in [-0.15, -0.1) is 0 Å². The molecular formula is C19H22N2O2. The minimum Gasteiger partial charge on any atom is -0.386 e. The average Bonchev–Trinajstić information content (AvgIpc) is 3.15. The molecule has 3 N–H and O–H groups in total. The van der Waals surface area contributed by atoms with E-state index in [1.54, 1.807) is 0 Å². The molecule has 0 aromatic heterocycles. The summed E-state index contributed by atoms with van der Waals surface area (Å²) in [6.45, 7) is 0.870. The molecule has 2 aromatic rings. The van der Waals surface area contributed by atoms with Gasteiger partial charge in [-0.3, -0.25) is 4.79 Å². The normalized spacial score (nSPS) is 20.0. The van der Waals surface area contributed by atoms with Crippen LogP contribution in [0, 0.1) is 0 Å². The van der Waals surface area contributed by atoms with Crippen LogP contribution in [0.2, 0.25) is 0 Å². The first kappa shape index (κ1) is 15.7. The second-order valence-electron chi connectivity index (χ2n) is 5.90. The van der Waals surface area contributed by atoms with Crippen LogP contribution in [0.1, 0.15) is 36.1 Å². The van der Waals surface area contributed by atoms with Crippen LogP contribution in [0.25, 0.3) is 0 Å². The minimum atomic E-state index is -0.788. The van der Waals surface area contributed by atoms with E-state index in [1.165, 1.54) is 0 Å². The molecule has 3 atom stereocenters. The van der Waals surface area contributed by atoms with Crippen LogP contribution in [0.4, 0.5) is 0 Å². The van der Waals surface area contributed by atoms with Crippen molar-refractivity contribution in [3.8, 4) is 0 Å². The molecule has 1 aliphatic rings. The van der Waals surface area contributed by atoms with Gasteiger partial charge in [0.1, 0.15) is 6.10 Å². The third-order valence-electron chi connectivity index (χ3n) is 4.29. The van der Waals surface area contributed by atoms with Gasteiger partial charge in [0.25, 0.3) is 0 Å². The highest BCUT2D eigenvalue weighted by molar-refractivity contribution is 5.82. The van der Waals surface area contributed by atoms with Crippen LogP contribution < -0.4 is 10.6 Å². The molecule has 4 nitrogen and oxygen atoms in total. The molecule has 0 saturated carbocycles. The highest BCUT2D eigenvalue weighted by Gasteiger charge is 2.29. The van der Waals surface area contributed by atoms with Crippen molar-refractivity contribution in [3.05, 3.63) is 71.8 Å². The van der Waals surface area contributed by atoms with Crippen molar-refractivity contribution in [2.45, 2.75) is 31.0 Å². The Bertz CT molecular complexity index is 624. The molecular weight excluding hydrogens is 288 g/mol. The third-order valence-corrected chi connectivity index (χ3v) is 4.29. The van der Waals surface area contributed by atoms with Gasteiger partial charge in [-0.1, -0.05) is 60.7 Å². The Labute approximate surface area is 136 Å². The molecule has 1 fully saturated rings. The van der Waals surface area contributed by atoms with Gasteiger partial charge < -0.3 is 15.7 Å². The number of nitrogens with one attached hydrogen (secondary N) is 2. The lowest BCUT2D eigenvalue weighted by Crippen LogP contribution is -2.43. The highest BCUT2D eigenvalue weighted by Crippen LogP contribution is 2.29. The van der Waals surface area contributed by atoms with Gasteiger partial charge in [-0.05, 0) is 30.5 Å². The molecule has 1 aliphatic heterocycles. The zero-order chi connectivity index (χ0) is 16.1. The lowest BCUT2D eigenvalue weighted by atomic mass is 9.95. The molecule has 0 aliphatic carbocycles. The van der Waals surface area contributed by atoms with E-state index in [9.17, 15) is 9.90 Å². The molecule has 1 unspecified atom stereocenters. The number of aliphatic hydroxyl groups excluding tert-OH is 1. The highest BCUT2D eigenvalue weighted by atomic mass is 16.3. The number of carbonyl (C=O) groups is 1. The fourth-order valence-electron chi connectivity index (χ4n) is 3.01. The number of rotatable bonds is 5. The van der Waals surface area contributed by atoms with Crippen LogP contribution in [0.3, 0.4) is 0 Å². The first-order valence-electron chi connectivity index (χ1n) is 8.07.